The number of nitrogens with one attached hydrogen (secondary N) is 1. The summed E-state index contributed by atoms with van der Waals surface area (Å²) in [6, 6.07) is 14.5. The number of pyridine rings is 1. The predicted octanol–water partition coefficient (Wildman–Crippen LogP) is 3.31. The average Bonchev–Trinajstić information content (AvgIpc) is 2.81. The zero-order chi connectivity index (χ0) is 22.6. The molecule has 2 fully saturated rings. The van der Waals surface area contributed by atoms with Crippen molar-refractivity contribution in [3.8, 4) is 11.3 Å². The molecule has 0 unspecified atom stereocenters. The maximum atomic E-state index is 14.0. The van der Waals surface area contributed by atoms with Crippen LogP contribution in [0.3, 0.4) is 0 Å². The highest BCUT2D eigenvalue weighted by Crippen LogP contribution is 2.26. The molecule has 0 saturated carbocycles. The van der Waals surface area contributed by atoms with Crippen molar-refractivity contribution >= 4 is 16.8 Å². The molecule has 2 aliphatic heterocycles. The molecule has 3 heterocycles. The van der Waals surface area contributed by atoms with Gasteiger partial charge in [0.15, 0.2) is 0 Å². The van der Waals surface area contributed by atoms with Crippen molar-refractivity contribution < 1.29 is 13.9 Å². The Labute approximate surface area is 193 Å². The maximum absolute atomic E-state index is 14.0. The number of halogens is 1. The van der Waals surface area contributed by atoms with Crippen molar-refractivity contribution in [2.24, 2.45) is 0 Å². The molecule has 1 amide bonds. The standard InChI is InChI=1S/C26H29FN4O2/c27-21-6-7-24-22(16-21)23(26(32)28-8-11-30-9-1-10-30)17-25(29-24)20-4-2-19(3-5-20)18-31-12-14-33-15-13-31/h2-7,16-17H,1,8-15,18H2,(H,28,32). The summed E-state index contributed by atoms with van der Waals surface area (Å²) in [5.74, 6) is -0.571. The first-order valence-electron chi connectivity index (χ1n) is 11.7. The number of carbonyl (C=O) groups is 1. The molecule has 2 saturated heterocycles. The van der Waals surface area contributed by atoms with Gasteiger partial charge in [0.2, 0.25) is 0 Å². The van der Waals surface area contributed by atoms with E-state index in [1.807, 2.05) is 12.1 Å². The maximum Gasteiger partial charge on any atom is 0.252 e. The van der Waals surface area contributed by atoms with Crippen LogP contribution in [0.15, 0.2) is 48.5 Å². The highest BCUT2D eigenvalue weighted by atomic mass is 19.1. The summed E-state index contributed by atoms with van der Waals surface area (Å²) in [6.07, 6.45) is 1.22. The Bertz CT molecular complexity index is 1130. The van der Waals surface area contributed by atoms with Crippen molar-refractivity contribution in [3.05, 3.63) is 65.5 Å². The third-order valence-corrected chi connectivity index (χ3v) is 6.44. The molecule has 6 nitrogen and oxygen atoms in total. The van der Waals surface area contributed by atoms with Gasteiger partial charge in [-0.1, -0.05) is 24.3 Å². The van der Waals surface area contributed by atoms with Crippen LogP contribution in [-0.4, -0.2) is 73.2 Å². The van der Waals surface area contributed by atoms with Gasteiger partial charge in [0.05, 0.1) is 30.0 Å². The highest BCUT2D eigenvalue weighted by molar-refractivity contribution is 6.07. The number of benzene rings is 2. The minimum absolute atomic E-state index is 0.196. The number of hydrogen-bond acceptors (Lipinski definition) is 5. The quantitative estimate of drug-likeness (QED) is 0.601. The number of likely N-dealkylation sites (tertiary alicyclic amines) is 1. The first kappa shape index (κ1) is 21.9. The minimum Gasteiger partial charge on any atom is -0.379 e. The van der Waals surface area contributed by atoms with Gasteiger partial charge in [-0.2, -0.15) is 0 Å². The van der Waals surface area contributed by atoms with Crippen molar-refractivity contribution in [3.63, 3.8) is 0 Å². The summed E-state index contributed by atoms with van der Waals surface area (Å²) in [6.45, 7) is 7.92. The second kappa shape index (κ2) is 9.95. The molecule has 0 radical (unpaired) electrons. The normalized spacial score (nSPS) is 17.1. The first-order chi connectivity index (χ1) is 16.2. The zero-order valence-corrected chi connectivity index (χ0v) is 18.7. The fourth-order valence-corrected chi connectivity index (χ4v) is 4.36. The molecule has 0 spiro atoms. The lowest BCUT2D eigenvalue weighted by Gasteiger charge is -2.30. The van der Waals surface area contributed by atoms with Crippen LogP contribution < -0.4 is 5.32 Å². The van der Waals surface area contributed by atoms with Gasteiger partial charge in [0.25, 0.3) is 5.91 Å². The summed E-state index contributed by atoms with van der Waals surface area (Å²) >= 11 is 0. The molecule has 2 aliphatic rings. The summed E-state index contributed by atoms with van der Waals surface area (Å²) in [7, 11) is 0. The Kier molecular flexibility index (Phi) is 6.62. The second-order valence-corrected chi connectivity index (χ2v) is 8.75. The van der Waals surface area contributed by atoms with Gasteiger partial charge in [0.1, 0.15) is 5.82 Å². The van der Waals surface area contributed by atoms with Gasteiger partial charge in [-0.05, 0) is 49.3 Å². The van der Waals surface area contributed by atoms with Crippen LogP contribution in [0.1, 0.15) is 22.3 Å². The van der Waals surface area contributed by atoms with Gasteiger partial charge in [0, 0.05) is 43.7 Å². The number of nitrogens with zero attached hydrogens (tertiary/aromatic N) is 3. The number of morpholine rings is 1. The van der Waals surface area contributed by atoms with E-state index in [0.29, 0.717) is 28.7 Å². The van der Waals surface area contributed by atoms with Crippen LogP contribution in [0.2, 0.25) is 0 Å². The molecule has 33 heavy (non-hydrogen) atoms. The van der Waals surface area contributed by atoms with Gasteiger partial charge >= 0.3 is 0 Å². The Morgan fingerprint density at radius 2 is 1.79 bits per heavy atom. The number of ether oxygens (including phenoxy) is 1. The van der Waals surface area contributed by atoms with Crippen LogP contribution in [0.25, 0.3) is 22.2 Å². The molecule has 172 valence electrons. The smallest absolute Gasteiger partial charge is 0.252 e. The molecule has 3 aromatic rings. The number of hydrogen-bond donors (Lipinski definition) is 1. The molecular formula is C26H29FN4O2. The van der Waals surface area contributed by atoms with Gasteiger partial charge < -0.3 is 15.0 Å². The zero-order valence-electron chi connectivity index (χ0n) is 18.7. The van der Waals surface area contributed by atoms with E-state index >= 15 is 0 Å². The van der Waals surface area contributed by atoms with E-state index in [4.69, 9.17) is 9.72 Å². The van der Waals surface area contributed by atoms with Gasteiger partial charge in [-0.3, -0.25) is 9.69 Å². The van der Waals surface area contributed by atoms with Crippen molar-refractivity contribution in [1.82, 2.24) is 20.1 Å². The largest absolute Gasteiger partial charge is 0.379 e. The van der Waals surface area contributed by atoms with Crippen molar-refractivity contribution in [1.29, 1.82) is 0 Å². The number of amides is 1. The van der Waals surface area contributed by atoms with E-state index in [1.54, 1.807) is 12.1 Å². The van der Waals surface area contributed by atoms with Crippen LogP contribution in [0.4, 0.5) is 4.39 Å². The fourth-order valence-electron chi connectivity index (χ4n) is 4.36. The van der Waals surface area contributed by atoms with Crippen LogP contribution in [0, 0.1) is 5.82 Å². The molecule has 0 bridgehead atoms. The Hall–Kier alpha value is -2.87. The van der Waals surface area contributed by atoms with E-state index < -0.39 is 0 Å². The van der Waals surface area contributed by atoms with Gasteiger partial charge in [-0.25, -0.2) is 9.37 Å². The first-order valence-corrected chi connectivity index (χ1v) is 11.7. The average molecular weight is 449 g/mol. The van der Waals surface area contributed by atoms with Gasteiger partial charge in [-0.15, -0.1) is 0 Å². The number of carbonyl (C=O) groups excluding carboxylic acids is 1. The Morgan fingerprint density at radius 3 is 2.52 bits per heavy atom. The van der Waals surface area contributed by atoms with Crippen molar-refractivity contribution in [2.45, 2.75) is 13.0 Å². The van der Waals surface area contributed by atoms with E-state index in [9.17, 15) is 9.18 Å². The van der Waals surface area contributed by atoms with Crippen LogP contribution >= 0.6 is 0 Å². The lowest BCUT2D eigenvalue weighted by molar-refractivity contribution is 0.0342. The second-order valence-electron chi connectivity index (χ2n) is 8.75. The Balaban J connectivity index is 1.38. The van der Waals surface area contributed by atoms with E-state index in [-0.39, 0.29) is 11.7 Å². The monoisotopic (exact) mass is 448 g/mol. The number of aromatic nitrogens is 1. The molecule has 0 atom stereocenters. The van der Waals surface area contributed by atoms with E-state index in [2.05, 4.69) is 27.2 Å². The number of rotatable bonds is 7. The molecule has 1 aromatic heterocycles. The summed E-state index contributed by atoms with van der Waals surface area (Å²) in [5, 5.41) is 3.53. The topological polar surface area (TPSA) is 57.7 Å². The number of fused-ring (bicyclic) bond motifs is 1. The highest BCUT2D eigenvalue weighted by Gasteiger charge is 2.17. The molecular weight excluding hydrogens is 419 g/mol. The predicted molar refractivity (Wildman–Crippen MR) is 127 cm³/mol. The molecule has 0 aliphatic carbocycles. The Morgan fingerprint density at radius 1 is 1.00 bits per heavy atom. The third-order valence-electron chi connectivity index (χ3n) is 6.44. The van der Waals surface area contributed by atoms with Crippen LogP contribution in [0.5, 0.6) is 0 Å². The fraction of sp³-hybridized carbons (Fsp3) is 0.385. The molecule has 5 rings (SSSR count). The lowest BCUT2D eigenvalue weighted by atomic mass is 10.0. The van der Waals surface area contributed by atoms with Crippen molar-refractivity contribution in [2.75, 3.05) is 52.5 Å². The van der Waals surface area contributed by atoms with E-state index in [0.717, 1.165) is 58.0 Å². The molecule has 2 aromatic carbocycles. The SMILES string of the molecule is O=C(NCCN1CCC1)c1cc(-c2ccc(CN3CCOCC3)cc2)nc2ccc(F)cc12. The summed E-state index contributed by atoms with van der Waals surface area (Å²) in [5.41, 5.74) is 3.93. The van der Waals surface area contributed by atoms with Crippen LogP contribution in [-0.2, 0) is 11.3 Å². The third kappa shape index (κ3) is 5.21. The summed E-state index contributed by atoms with van der Waals surface area (Å²) in [4.78, 5) is 22.4. The lowest BCUT2D eigenvalue weighted by Crippen LogP contribution is -2.42. The molecule has 7 heteroatoms. The summed E-state index contributed by atoms with van der Waals surface area (Å²) < 4.78 is 19.4. The minimum atomic E-state index is -0.376. The molecule has 1 N–H and O–H groups in total. The van der Waals surface area contributed by atoms with E-state index in [1.165, 1.54) is 24.1 Å².